The van der Waals surface area contributed by atoms with Gasteiger partial charge in [-0.25, -0.2) is 0 Å². The maximum absolute atomic E-state index is 11.1. The predicted octanol–water partition coefficient (Wildman–Crippen LogP) is 1.77. The van der Waals surface area contributed by atoms with E-state index < -0.39 is 0 Å². The van der Waals surface area contributed by atoms with Gasteiger partial charge < -0.3 is 9.72 Å². The van der Waals surface area contributed by atoms with Gasteiger partial charge in [0.15, 0.2) is 0 Å². The van der Waals surface area contributed by atoms with Crippen molar-refractivity contribution in [2.75, 3.05) is 20.7 Å². The average molecular weight is 232 g/mol. The summed E-state index contributed by atoms with van der Waals surface area (Å²) in [7, 11) is 3.31. The van der Waals surface area contributed by atoms with Crippen LogP contribution >= 0.6 is 0 Å². The minimum atomic E-state index is -0.215. The van der Waals surface area contributed by atoms with Gasteiger partial charge in [0.1, 0.15) is 0 Å². The van der Waals surface area contributed by atoms with Gasteiger partial charge in [0, 0.05) is 23.6 Å². The molecular weight excluding hydrogens is 216 g/mol. The number of carbonyl (C=O) groups is 1. The highest BCUT2D eigenvalue weighted by molar-refractivity contribution is 5.83. The second-order valence-electron chi connectivity index (χ2n) is 4.11. The molecule has 1 aromatic carbocycles. The van der Waals surface area contributed by atoms with Crippen molar-refractivity contribution in [2.45, 2.75) is 6.54 Å². The number of ether oxygens (including phenoxy) is 1. The summed E-state index contributed by atoms with van der Waals surface area (Å²) in [5, 5.41) is 1.20. The average Bonchev–Trinajstić information content (AvgIpc) is 2.72. The van der Waals surface area contributed by atoms with E-state index in [1.807, 2.05) is 36.3 Å². The summed E-state index contributed by atoms with van der Waals surface area (Å²) in [6, 6.07) is 8.13. The van der Waals surface area contributed by atoms with Crippen molar-refractivity contribution in [1.82, 2.24) is 9.88 Å². The lowest BCUT2D eigenvalue weighted by Crippen LogP contribution is -2.26. The molecule has 0 bridgehead atoms. The number of methoxy groups -OCH3 is 1. The zero-order valence-corrected chi connectivity index (χ0v) is 10.1. The molecule has 1 aromatic heterocycles. The van der Waals surface area contributed by atoms with Gasteiger partial charge in [0.2, 0.25) is 0 Å². The number of benzene rings is 1. The van der Waals surface area contributed by atoms with Crippen LogP contribution in [0.1, 0.15) is 5.56 Å². The molecule has 0 aliphatic carbocycles. The third kappa shape index (κ3) is 2.65. The van der Waals surface area contributed by atoms with E-state index in [-0.39, 0.29) is 5.97 Å². The number of hydrogen-bond acceptors (Lipinski definition) is 3. The maximum atomic E-state index is 11.1. The molecule has 0 amide bonds. The number of rotatable bonds is 4. The minimum Gasteiger partial charge on any atom is -0.468 e. The minimum absolute atomic E-state index is 0.215. The first kappa shape index (κ1) is 11.7. The number of fused-ring (bicyclic) bond motifs is 1. The molecule has 1 heterocycles. The molecular formula is C13H16N2O2. The Bertz CT molecular complexity index is 519. The summed E-state index contributed by atoms with van der Waals surface area (Å²) < 4.78 is 4.64. The van der Waals surface area contributed by atoms with Crippen molar-refractivity contribution >= 4 is 16.9 Å². The first-order valence-corrected chi connectivity index (χ1v) is 5.51. The fourth-order valence-corrected chi connectivity index (χ4v) is 1.89. The summed E-state index contributed by atoms with van der Waals surface area (Å²) in [5.41, 5.74) is 2.31. The van der Waals surface area contributed by atoms with E-state index in [1.54, 1.807) is 0 Å². The lowest BCUT2D eigenvalue weighted by atomic mass is 10.1. The smallest absolute Gasteiger partial charge is 0.319 e. The molecule has 0 aliphatic rings. The lowest BCUT2D eigenvalue weighted by Gasteiger charge is -2.14. The van der Waals surface area contributed by atoms with Crippen LogP contribution in [0.15, 0.2) is 30.5 Å². The molecule has 2 rings (SSSR count). The maximum Gasteiger partial charge on any atom is 0.319 e. The molecule has 4 nitrogen and oxygen atoms in total. The second kappa shape index (κ2) is 5.01. The van der Waals surface area contributed by atoms with Gasteiger partial charge in [-0.15, -0.1) is 0 Å². The van der Waals surface area contributed by atoms with E-state index in [0.29, 0.717) is 6.54 Å². The molecule has 90 valence electrons. The Balaban J connectivity index is 2.10. The quantitative estimate of drug-likeness (QED) is 0.817. The number of H-pyrrole nitrogens is 1. The van der Waals surface area contributed by atoms with Gasteiger partial charge in [0.05, 0.1) is 13.7 Å². The van der Waals surface area contributed by atoms with Crippen LogP contribution in [0.3, 0.4) is 0 Å². The zero-order chi connectivity index (χ0) is 12.3. The number of esters is 1. The standard InChI is InChI=1S/C13H16N2O2/c1-15(9-13(16)17-2)8-10-7-14-12-6-4-3-5-11(10)12/h3-7,14H,8-9H2,1-2H3. The van der Waals surface area contributed by atoms with E-state index in [9.17, 15) is 4.79 Å². The number of hydrogen-bond donors (Lipinski definition) is 1. The van der Waals surface area contributed by atoms with Gasteiger partial charge in [-0.1, -0.05) is 18.2 Å². The Hall–Kier alpha value is -1.81. The largest absolute Gasteiger partial charge is 0.468 e. The first-order chi connectivity index (χ1) is 8.20. The summed E-state index contributed by atoms with van der Waals surface area (Å²) in [6.45, 7) is 1.02. The number of nitrogens with one attached hydrogen (secondary N) is 1. The summed E-state index contributed by atoms with van der Waals surface area (Å²) in [6.07, 6.45) is 1.98. The fourth-order valence-electron chi connectivity index (χ4n) is 1.89. The number of para-hydroxylation sites is 1. The van der Waals surface area contributed by atoms with Gasteiger partial charge in [-0.3, -0.25) is 9.69 Å². The molecule has 2 aromatic rings. The van der Waals surface area contributed by atoms with E-state index >= 15 is 0 Å². The number of carbonyl (C=O) groups excluding carboxylic acids is 1. The fraction of sp³-hybridized carbons (Fsp3) is 0.308. The van der Waals surface area contributed by atoms with Crippen LogP contribution in [0, 0.1) is 0 Å². The van der Waals surface area contributed by atoms with Crippen molar-refractivity contribution < 1.29 is 9.53 Å². The van der Waals surface area contributed by atoms with Gasteiger partial charge in [-0.05, 0) is 18.7 Å². The summed E-state index contributed by atoms with van der Waals surface area (Å²) in [4.78, 5) is 16.3. The van der Waals surface area contributed by atoms with E-state index in [4.69, 9.17) is 0 Å². The highest BCUT2D eigenvalue weighted by Gasteiger charge is 2.09. The molecule has 0 aliphatic heterocycles. The van der Waals surface area contributed by atoms with Crippen LogP contribution in [0.4, 0.5) is 0 Å². The van der Waals surface area contributed by atoms with Gasteiger partial charge in [0.25, 0.3) is 0 Å². The summed E-state index contributed by atoms with van der Waals surface area (Å²) in [5.74, 6) is -0.215. The molecule has 0 radical (unpaired) electrons. The molecule has 0 saturated carbocycles. The number of aromatic amines is 1. The Labute approximate surface area is 100 Å². The van der Waals surface area contributed by atoms with Crippen molar-refractivity contribution in [3.05, 3.63) is 36.0 Å². The lowest BCUT2D eigenvalue weighted by molar-refractivity contribution is -0.141. The summed E-state index contributed by atoms with van der Waals surface area (Å²) >= 11 is 0. The van der Waals surface area contributed by atoms with Crippen LogP contribution in [0.5, 0.6) is 0 Å². The topological polar surface area (TPSA) is 45.3 Å². The SMILES string of the molecule is COC(=O)CN(C)Cc1c[nH]c2ccccc12. The molecule has 0 atom stereocenters. The number of aromatic nitrogens is 1. The van der Waals surface area contributed by atoms with Crippen molar-refractivity contribution in [3.63, 3.8) is 0 Å². The van der Waals surface area contributed by atoms with E-state index in [2.05, 4.69) is 15.8 Å². The van der Waals surface area contributed by atoms with Gasteiger partial charge >= 0.3 is 5.97 Å². The Morgan fingerprint density at radius 1 is 1.41 bits per heavy atom. The third-order valence-corrected chi connectivity index (χ3v) is 2.74. The van der Waals surface area contributed by atoms with E-state index in [0.717, 1.165) is 12.1 Å². The molecule has 0 fully saturated rings. The van der Waals surface area contributed by atoms with Crippen molar-refractivity contribution in [2.24, 2.45) is 0 Å². The van der Waals surface area contributed by atoms with Crippen LogP contribution in [0.2, 0.25) is 0 Å². The highest BCUT2D eigenvalue weighted by Crippen LogP contribution is 2.18. The Morgan fingerprint density at radius 3 is 2.94 bits per heavy atom. The highest BCUT2D eigenvalue weighted by atomic mass is 16.5. The molecule has 0 saturated heterocycles. The molecule has 4 heteroatoms. The predicted molar refractivity (Wildman–Crippen MR) is 66.6 cm³/mol. The second-order valence-corrected chi connectivity index (χ2v) is 4.11. The number of likely N-dealkylation sites (N-methyl/N-ethyl adjacent to an activating group) is 1. The Kier molecular flexibility index (Phi) is 3.44. The van der Waals surface area contributed by atoms with Crippen LogP contribution < -0.4 is 0 Å². The van der Waals surface area contributed by atoms with Crippen LogP contribution in [0.25, 0.3) is 10.9 Å². The normalized spacial score (nSPS) is 11.0. The molecule has 0 spiro atoms. The molecule has 0 unspecified atom stereocenters. The van der Waals surface area contributed by atoms with Gasteiger partial charge in [-0.2, -0.15) is 0 Å². The number of nitrogens with zero attached hydrogens (tertiary/aromatic N) is 1. The van der Waals surface area contributed by atoms with Crippen molar-refractivity contribution in [1.29, 1.82) is 0 Å². The third-order valence-electron chi connectivity index (χ3n) is 2.74. The molecule has 1 N–H and O–H groups in total. The molecule has 17 heavy (non-hydrogen) atoms. The Morgan fingerprint density at radius 2 is 2.18 bits per heavy atom. The zero-order valence-electron chi connectivity index (χ0n) is 10.1. The van der Waals surface area contributed by atoms with Crippen LogP contribution in [-0.4, -0.2) is 36.6 Å². The first-order valence-electron chi connectivity index (χ1n) is 5.51. The monoisotopic (exact) mass is 232 g/mol. The van der Waals surface area contributed by atoms with E-state index in [1.165, 1.54) is 18.1 Å². The van der Waals surface area contributed by atoms with Crippen molar-refractivity contribution in [3.8, 4) is 0 Å². The van der Waals surface area contributed by atoms with Crippen LogP contribution in [-0.2, 0) is 16.1 Å².